The minimum Gasteiger partial charge on any atom is -0.465 e. The maximum atomic E-state index is 13.8. The highest BCUT2D eigenvalue weighted by Gasteiger charge is 2.32. The van der Waals surface area contributed by atoms with E-state index >= 15 is 0 Å². The summed E-state index contributed by atoms with van der Waals surface area (Å²) >= 11 is 0. The average Bonchev–Trinajstić information content (AvgIpc) is 3.12. The Morgan fingerprint density at radius 1 is 0.612 bits per heavy atom. The van der Waals surface area contributed by atoms with Gasteiger partial charge in [-0.1, -0.05) is 25.7 Å². The number of aromatic nitrogens is 1. The van der Waals surface area contributed by atoms with Crippen molar-refractivity contribution in [3.8, 4) is 0 Å². The third-order valence-electron chi connectivity index (χ3n) is 9.33. The first-order chi connectivity index (χ1) is 23.7. The molecule has 6 rings (SSSR count). The number of ether oxygens (including phenoxy) is 1. The van der Waals surface area contributed by atoms with E-state index in [0.29, 0.717) is 31.2 Å². The summed E-state index contributed by atoms with van der Waals surface area (Å²) in [6.07, 6.45) is 8.58. The summed E-state index contributed by atoms with van der Waals surface area (Å²) in [6, 6.07) is 9.95. The van der Waals surface area contributed by atoms with Crippen molar-refractivity contribution in [1.29, 1.82) is 0 Å². The van der Waals surface area contributed by atoms with Crippen LogP contribution in [0.2, 0.25) is 0 Å². The standard InChI is InChI=1S/C36H38N6O7/c1-49-36(48)25-16-21-14-22(17-25)33(45)40-28-7-3-5-9-30(28)42-35(47)24-15-23(18-26(19-24)38-31(43)20-10-12-37-13-11-20)34(46)41-29-8-4-2-6-27(29)39-32(21)44/h10-19,27-30H,2-9H2,1H3,(H,38,43)(H,39,44)(H,40,45)(H,41,46)(H,42,47)/t27-,28-,29-,30-/m1/s1. The zero-order valence-electron chi connectivity index (χ0n) is 27.0. The van der Waals surface area contributed by atoms with Gasteiger partial charge in [-0.25, -0.2) is 4.79 Å². The lowest BCUT2D eigenvalue weighted by Crippen LogP contribution is -2.54. The molecule has 254 valence electrons. The molecule has 1 aliphatic heterocycles. The lowest BCUT2D eigenvalue weighted by atomic mass is 9.89. The number of esters is 1. The Labute approximate surface area is 283 Å². The number of anilines is 1. The molecule has 49 heavy (non-hydrogen) atoms. The summed E-state index contributed by atoms with van der Waals surface area (Å²) in [7, 11) is 1.22. The van der Waals surface area contributed by atoms with Crippen LogP contribution < -0.4 is 26.6 Å². The van der Waals surface area contributed by atoms with Crippen LogP contribution in [0.5, 0.6) is 0 Å². The third kappa shape index (κ3) is 7.77. The number of fused-ring (bicyclic) bond motifs is 6. The molecule has 4 atom stereocenters. The van der Waals surface area contributed by atoms with Crippen LogP contribution >= 0.6 is 0 Å². The minimum absolute atomic E-state index is 0.0435. The van der Waals surface area contributed by atoms with E-state index < -0.39 is 59.7 Å². The van der Waals surface area contributed by atoms with Crippen LogP contribution in [0.25, 0.3) is 0 Å². The Morgan fingerprint density at radius 2 is 1.00 bits per heavy atom. The van der Waals surface area contributed by atoms with Crippen LogP contribution in [0.1, 0.15) is 114 Å². The molecule has 0 spiro atoms. The summed E-state index contributed by atoms with van der Waals surface area (Å²) in [5.41, 5.74) is 1.14. The quantitative estimate of drug-likeness (QED) is 0.264. The molecule has 2 saturated carbocycles. The van der Waals surface area contributed by atoms with Crippen LogP contribution in [0.4, 0.5) is 5.69 Å². The number of nitrogens with zero attached hydrogens (tertiary/aromatic N) is 1. The molecule has 2 heterocycles. The fourth-order valence-corrected chi connectivity index (χ4v) is 6.75. The molecule has 3 aromatic rings. The first kappa shape index (κ1) is 33.3. The smallest absolute Gasteiger partial charge is 0.337 e. The van der Waals surface area contributed by atoms with E-state index in [1.165, 1.54) is 55.9 Å². The number of pyridine rings is 1. The van der Waals surface area contributed by atoms with Crippen molar-refractivity contribution in [2.24, 2.45) is 0 Å². The first-order valence-electron chi connectivity index (χ1n) is 16.5. The van der Waals surface area contributed by atoms with Gasteiger partial charge >= 0.3 is 5.97 Å². The molecule has 1 aromatic heterocycles. The molecular formula is C36H38N6O7. The van der Waals surface area contributed by atoms with Gasteiger partial charge in [0.1, 0.15) is 0 Å². The second-order valence-electron chi connectivity index (χ2n) is 12.7. The molecule has 4 bridgehead atoms. The van der Waals surface area contributed by atoms with Crippen molar-refractivity contribution in [2.45, 2.75) is 75.5 Å². The number of rotatable bonds is 3. The molecule has 13 heteroatoms. The normalized spacial score (nSPS) is 22.7. The molecule has 2 aliphatic carbocycles. The van der Waals surface area contributed by atoms with Crippen LogP contribution in [0.15, 0.2) is 60.9 Å². The number of carbonyl (C=O) groups is 6. The maximum absolute atomic E-state index is 13.8. The third-order valence-corrected chi connectivity index (χ3v) is 9.33. The van der Waals surface area contributed by atoms with Crippen molar-refractivity contribution < 1.29 is 33.5 Å². The highest BCUT2D eigenvalue weighted by molar-refractivity contribution is 6.07. The Kier molecular flexibility index (Phi) is 9.97. The number of hydrogen-bond acceptors (Lipinski definition) is 8. The number of carbonyl (C=O) groups excluding carboxylic acids is 6. The van der Waals surface area contributed by atoms with Gasteiger partial charge in [-0.15, -0.1) is 0 Å². The van der Waals surface area contributed by atoms with Crippen LogP contribution in [-0.4, -0.2) is 71.8 Å². The van der Waals surface area contributed by atoms with Gasteiger partial charge in [-0.3, -0.25) is 29.0 Å². The van der Waals surface area contributed by atoms with E-state index in [2.05, 4.69) is 31.6 Å². The van der Waals surface area contributed by atoms with E-state index in [-0.39, 0.29) is 33.5 Å². The van der Waals surface area contributed by atoms with Gasteiger partial charge in [-0.2, -0.15) is 0 Å². The first-order valence-corrected chi connectivity index (χ1v) is 16.5. The molecule has 5 amide bonds. The van der Waals surface area contributed by atoms with Gasteiger partial charge in [0, 0.05) is 70.1 Å². The highest BCUT2D eigenvalue weighted by Crippen LogP contribution is 2.24. The van der Waals surface area contributed by atoms with Gasteiger partial charge in [0.25, 0.3) is 29.5 Å². The molecular weight excluding hydrogens is 628 g/mol. The topological polar surface area (TPSA) is 185 Å². The lowest BCUT2D eigenvalue weighted by Gasteiger charge is -2.33. The summed E-state index contributed by atoms with van der Waals surface area (Å²) in [4.78, 5) is 84.4. The van der Waals surface area contributed by atoms with Gasteiger partial charge in [0.2, 0.25) is 0 Å². The molecule has 5 N–H and O–H groups in total. The largest absolute Gasteiger partial charge is 0.465 e. The number of benzene rings is 2. The predicted molar refractivity (Wildman–Crippen MR) is 178 cm³/mol. The average molecular weight is 667 g/mol. The van der Waals surface area contributed by atoms with Gasteiger partial charge in [0.05, 0.1) is 12.7 Å². The van der Waals surface area contributed by atoms with E-state index in [1.54, 1.807) is 12.1 Å². The summed E-state index contributed by atoms with van der Waals surface area (Å²) in [5.74, 6) is -3.09. The Morgan fingerprint density at radius 3 is 1.39 bits per heavy atom. The van der Waals surface area contributed by atoms with Gasteiger partial charge < -0.3 is 31.3 Å². The Bertz CT molecular complexity index is 1710. The minimum atomic E-state index is -0.700. The van der Waals surface area contributed by atoms with E-state index in [9.17, 15) is 28.8 Å². The van der Waals surface area contributed by atoms with Crippen molar-refractivity contribution >= 4 is 41.2 Å². The van der Waals surface area contributed by atoms with Crippen LogP contribution in [0.3, 0.4) is 0 Å². The van der Waals surface area contributed by atoms with Crippen LogP contribution in [-0.2, 0) is 4.74 Å². The molecule has 2 aromatic carbocycles. The number of amides is 5. The van der Waals surface area contributed by atoms with Crippen molar-refractivity contribution in [3.63, 3.8) is 0 Å². The molecule has 2 fully saturated rings. The number of nitrogens with one attached hydrogen (secondary N) is 5. The monoisotopic (exact) mass is 666 g/mol. The number of hydrogen-bond donors (Lipinski definition) is 5. The second-order valence-corrected chi connectivity index (χ2v) is 12.7. The predicted octanol–water partition coefficient (Wildman–Crippen LogP) is 3.38. The highest BCUT2D eigenvalue weighted by atomic mass is 16.5. The van der Waals surface area contributed by atoms with Gasteiger partial charge in [-0.05, 0) is 74.2 Å². The fraction of sp³-hybridized carbons (Fsp3) is 0.361. The number of methoxy groups -OCH3 is 1. The molecule has 13 nitrogen and oxygen atoms in total. The van der Waals surface area contributed by atoms with Crippen LogP contribution in [0, 0.1) is 0 Å². The van der Waals surface area contributed by atoms with Crippen molar-refractivity contribution in [3.05, 3.63) is 94.3 Å². The van der Waals surface area contributed by atoms with E-state index in [0.717, 1.165) is 25.7 Å². The Balaban J connectivity index is 1.38. The summed E-state index contributed by atoms with van der Waals surface area (Å²) < 4.78 is 4.90. The van der Waals surface area contributed by atoms with Crippen molar-refractivity contribution in [1.82, 2.24) is 26.3 Å². The molecule has 0 saturated heterocycles. The van der Waals surface area contributed by atoms with Crippen molar-refractivity contribution in [2.75, 3.05) is 12.4 Å². The Hall–Kier alpha value is -5.59. The lowest BCUT2D eigenvalue weighted by molar-refractivity contribution is 0.0600. The zero-order chi connectivity index (χ0) is 34.5. The molecule has 3 aliphatic rings. The molecule has 0 radical (unpaired) electrons. The molecule has 0 unspecified atom stereocenters. The maximum Gasteiger partial charge on any atom is 0.337 e. The van der Waals surface area contributed by atoms with E-state index in [1.807, 2.05) is 0 Å². The second kappa shape index (κ2) is 14.7. The summed E-state index contributed by atoms with van der Waals surface area (Å²) in [6.45, 7) is 0. The summed E-state index contributed by atoms with van der Waals surface area (Å²) in [5, 5.41) is 14.9. The SMILES string of the molecule is COC(=O)c1cc2cc(c1)C(=O)N[C@@H]1CCCC[C@H]1NC(=O)c1cc(NC(=O)c3ccncc3)cc(c1)C(=O)N[C@@H]1CCCC[C@H]1NC2=O. The zero-order valence-corrected chi connectivity index (χ0v) is 27.0. The van der Waals surface area contributed by atoms with E-state index in [4.69, 9.17) is 4.74 Å². The fourth-order valence-electron chi connectivity index (χ4n) is 6.75. The van der Waals surface area contributed by atoms with Gasteiger partial charge in [0.15, 0.2) is 0 Å².